The van der Waals surface area contributed by atoms with Crippen molar-refractivity contribution >= 4 is 11.9 Å². The highest BCUT2D eigenvalue weighted by Gasteiger charge is 2.27. The van der Waals surface area contributed by atoms with Crippen LogP contribution in [0.25, 0.3) is 0 Å². The summed E-state index contributed by atoms with van der Waals surface area (Å²) in [6, 6.07) is 6.46. The number of hydrogen-bond acceptors (Lipinski definition) is 4. The predicted molar refractivity (Wildman–Crippen MR) is 109 cm³/mol. The van der Waals surface area contributed by atoms with E-state index in [-0.39, 0.29) is 5.91 Å². The Kier molecular flexibility index (Phi) is 8.03. The number of carbonyl (C=O) groups excluding carboxylic acids is 1. The van der Waals surface area contributed by atoms with Crippen LogP contribution in [-0.2, 0) is 11.3 Å². The summed E-state index contributed by atoms with van der Waals surface area (Å²) < 4.78 is 0. The third-order valence-electron chi connectivity index (χ3n) is 4.86. The smallest absolute Gasteiger partial charge is 0.227 e. The standard InChI is InChI=1S/C20H34N6O/c1-5-22-19(24-15-20(2,3)18(27)21-4)25-16-9-12-26(13-10-16)14-17-8-6-7-11-23-17/h6-8,11,16H,5,9-10,12-15H2,1-4H3,(H,21,27)(H2,22,24,25). The maximum Gasteiger partial charge on any atom is 0.227 e. The van der Waals surface area contributed by atoms with Crippen molar-refractivity contribution in [2.75, 3.05) is 33.2 Å². The fourth-order valence-corrected chi connectivity index (χ4v) is 3.16. The van der Waals surface area contributed by atoms with Gasteiger partial charge in [-0.25, -0.2) is 0 Å². The third-order valence-corrected chi connectivity index (χ3v) is 4.86. The number of likely N-dealkylation sites (tertiary alicyclic amines) is 1. The van der Waals surface area contributed by atoms with Gasteiger partial charge in [0.1, 0.15) is 0 Å². The van der Waals surface area contributed by atoms with Crippen LogP contribution in [0.3, 0.4) is 0 Å². The van der Waals surface area contributed by atoms with Crippen LogP contribution in [0, 0.1) is 5.41 Å². The van der Waals surface area contributed by atoms with E-state index in [1.54, 1.807) is 7.05 Å². The Morgan fingerprint density at radius 3 is 2.67 bits per heavy atom. The number of nitrogens with zero attached hydrogens (tertiary/aromatic N) is 3. The highest BCUT2D eigenvalue weighted by molar-refractivity contribution is 5.83. The molecule has 1 amide bonds. The molecule has 7 heteroatoms. The topological polar surface area (TPSA) is 81.6 Å². The zero-order chi connectivity index (χ0) is 19.7. The van der Waals surface area contributed by atoms with Crippen molar-refractivity contribution in [3.8, 4) is 0 Å². The molecule has 7 nitrogen and oxygen atoms in total. The molecule has 1 aliphatic rings. The average Bonchev–Trinajstić information content (AvgIpc) is 2.68. The van der Waals surface area contributed by atoms with Gasteiger partial charge in [0.15, 0.2) is 5.96 Å². The molecule has 1 aromatic heterocycles. The third kappa shape index (κ3) is 6.82. The lowest BCUT2D eigenvalue weighted by molar-refractivity contribution is -0.128. The molecule has 1 aromatic rings. The molecule has 0 aliphatic carbocycles. The summed E-state index contributed by atoms with van der Waals surface area (Å²) in [4.78, 5) is 23.5. The molecule has 0 spiro atoms. The van der Waals surface area contributed by atoms with Crippen LogP contribution in [0.1, 0.15) is 39.3 Å². The van der Waals surface area contributed by atoms with Crippen LogP contribution in [0.4, 0.5) is 0 Å². The number of rotatable bonds is 7. The van der Waals surface area contributed by atoms with E-state index in [1.165, 1.54) is 0 Å². The van der Waals surface area contributed by atoms with Crippen molar-refractivity contribution in [1.29, 1.82) is 0 Å². The van der Waals surface area contributed by atoms with Gasteiger partial charge in [-0.05, 0) is 45.7 Å². The molecule has 3 N–H and O–H groups in total. The number of pyridine rings is 1. The van der Waals surface area contributed by atoms with Crippen molar-refractivity contribution < 1.29 is 4.79 Å². The van der Waals surface area contributed by atoms with Crippen LogP contribution in [-0.4, -0.2) is 61.0 Å². The van der Waals surface area contributed by atoms with E-state index in [2.05, 4.69) is 43.8 Å². The minimum Gasteiger partial charge on any atom is -0.359 e. The van der Waals surface area contributed by atoms with Gasteiger partial charge in [0.2, 0.25) is 5.91 Å². The molecular weight excluding hydrogens is 340 g/mol. The van der Waals surface area contributed by atoms with Gasteiger partial charge < -0.3 is 16.0 Å². The first-order valence-corrected chi connectivity index (χ1v) is 9.84. The fourth-order valence-electron chi connectivity index (χ4n) is 3.16. The van der Waals surface area contributed by atoms with Crippen LogP contribution in [0.2, 0.25) is 0 Å². The fraction of sp³-hybridized carbons (Fsp3) is 0.650. The highest BCUT2D eigenvalue weighted by Crippen LogP contribution is 2.16. The lowest BCUT2D eigenvalue weighted by Crippen LogP contribution is -2.49. The lowest BCUT2D eigenvalue weighted by atomic mass is 9.93. The number of hydrogen-bond donors (Lipinski definition) is 3. The van der Waals surface area contributed by atoms with E-state index in [9.17, 15) is 4.79 Å². The van der Waals surface area contributed by atoms with Crippen LogP contribution >= 0.6 is 0 Å². The van der Waals surface area contributed by atoms with Crippen molar-refractivity contribution in [3.05, 3.63) is 30.1 Å². The molecule has 1 saturated heterocycles. The Hall–Kier alpha value is -2.15. The van der Waals surface area contributed by atoms with Crippen LogP contribution in [0.5, 0.6) is 0 Å². The van der Waals surface area contributed by atoms with Gasteiger partial charge in [-0.15, -0.1) is 0 Å². The number of aromatic nitrogens is 1. The molecule has 2 rings (SSSR count). The second-order valence-corrected chi connectivity index (χ2v) is 7.67. The number of carbonyl (C=O) groups is 1. The number of guanidine groups is 1. The van der Waals surface area contributed by atoms with E-state index in [1.807, 2.05) is 32.2 Å². The van der Waals surface area contributed by atoms with Crippen molar-refractivity contribution in [2.24, 2.45) is 10.4 Å². The quantitative estimate of drug-likeness (QED) is 0.496. The van der Waals surface area contributed by atoms with Gasteiger partial charge in [0.25, 0.3) is 0 Å². The van der Waals surface area contributed by atoms with Gasteiger partial charge in [0.05, 0.1) is 17.7 Å². The minimum atomic E-state index is -0.525. The first kappa shape index (κ1) is 21.2. The molecule has 150 valence electrons. The normalized spacial score (nSPS) is 16.8. The summed E-state index contributed by atoms with van der Waals surface area (Å²) in [5.74, 6) is 0.794. The Labute approximate surface area is 163 Å². The molecule has 2 heterocycles. The molecule has 1 aliphatic heterocycles. The van der Waals surface area contributed by atoms with Gasteiger partial charge >= 0.3 is 0 Å². The second kappa shape index (κ2) is 10.3. The maximum atomic E-state index is 11.9. The summed E-state index contributed by atoms with van der Waals surface area (Å²) in [5.41, 5.74) is 0.596. The summed E-state index contributed by atoms with van der Waals surface area (Å²) in [7, 11) is 1.66. The number of amides is 1. The number of nitrogens with one attached hydrogen (secondary N) is 3. The monoisotopic (exact) mass is 374 g/mol. The van der Waals surface area contributed by atoms with Crippen molar-refractivity contribution in [2.45, 2.75) is 46.2 Å². The molecule has 0 aromatic carbocycles. The SMILES string of the molecule is CCNC(=NCC(C)(C)C(=O)NC)NC1CCN(Cc2ccccn2)CC1. The zero-order valence-corrected chi connectivity index (χ0v) is 17.1. The molecule has 27 heavy (non-hydrogen) atoms. The maximum absolute atomic E-state index is 11.9. The number of piperidine rings is 1. The number of aliphatic imine (C=N–C) groups is 1. The van der Waals surface area contributed by atoms with E-state index >= 15 is 0 Å². The first-order valence-electron chi connectivity index (χ1n) is 9.84. The molecule has 0 atom stereocenters. The van der Waals surface area contributed by atoms with Gasteiger partial charge in [-0.3, -0.25) is 19.7 Å². The average molecular weight is 375 g/mol. The summed E-state index contributed by atoms with van der Waals surface area (Å²) in [6.45, 7) is 10.1. The molecule has 0 saturated carbocycles. The van der Waals surface area contributed by atoms with Gasteiger partial charge in [-0.1, -0.05) is 6.07 Å². The predicted octanol–water partition coefficient (Wildman–Crippen LogP) is 1.37. The summed E-state index contributed by atoms with van der Waals surface area (Å²) >= 11 is 0. The van der Waals surface area contributed by atoms with Crippen molar-refractivity contribution in [1.82, 2.24) is 25.8 Å². The lowest BCUT2D eigenvalue weighted by Gasteiger charge is -2.33. The van der Waals surface area contributed by atoms with Crippen molar-refractivity contribution in [3.63, 3.8) is 0 Å². The highest BCUT2D eigenvalue weighted by atomic mass is 16.2. The van der Waals surface area contributed by atoms with E-state index in [0.29, 0.717) is 12.6 Å². The summed E-state index contributed by atoms with van der Waals surface area (Å²) in [6.07, 6.45) is 3.98. The second-order valence-electron chi connectivity index (χ2n) is 7.67. The zero-order valence-electron chi connectivity index (χ0n) is 17.1. The summed E-state index contributed by atoms with van der Waals surface area (Å²) in [5, 5.41) is 9.54. The molecule has 1 fully saturated rings. The Morgan fingerprint density at radius 1 is 1.33 bits per heavy atom. The van der Waals surface area contributed by atoms with E-state index in [0.717, 1.165) is 50.7 Å². The largest absolute Gasteiger partial charge is 0.359 e. The first-order chi connectivity index (χ1) is 12.9. The van der Waals surface area contributed by atoms with Crippen LogP contribution in [0.15, 0.2) is 29.4 Å². The Bertz CT molecular complexity index is 608. The van der Waals surface area contributed by atoms with Gasteiger partial charge in [0, 0.05) is 45.5 Å². The van der Waals surface area contributed by atoms with Gasteiger partial charge in [-0.2, -0.15) is 0 Å². The Balaban J connectivity index is 1.84. The van der Waals surface area contributed by atoms with Crippen LogP contribution < -0.4 is 16.0 Å². The van der Waals surface area contributed by atoms with E-state index in [4.69, 9.17) is 0 Å². The minimum absolute atomic E-state index is 0.00456. The van der Waals surface area contributed by atoms with E-state index < -0.39 is 5.41 Å². The molecule has 0 radical (unpaired) electrons. The molecule has 0 bridgehead atoms. The molecular formula is C20H34N6O. The molecule has 0 unspecified atom stereocenters. The Morgan fingerprint density at radius 2 is 2.07 bits per heavy atom.